The first-order chi connectivity index (χ1) is 11.9. The quantitative estimate of drug-likeness (QED) is 0.225. The van der Waals surface area contributed by atoms with Crippen molar-refractivity contribution in [3.63, 3.8) is 0 Å². The number of carbonyl (C=O) groups is 2. The van der Waals surface area contributed by atoms with E-state index in [1.54, 1.807) is 6.92 Å². The first kappa shape index (κ1) is 22.8. The number of nitrogens with zero attached hydrogens (tertiary/aromatic N) is 1. The van der Waals surface area contributed by atoms with E-state index >= 15 is 0 Å². The van der Waals surface area contributed by atoms with Crippen molar-refractivity contribution in [2.24, 2.45) is 0 Å². The minimum atomic E-state index is -1.17. The van der Waals surface area contributed by atoms with E-state index in [-0.39, 0.29) is 18.4 Å². The Bertz CT molecular complexity index is 488. The van der Waals surface area contributed by atoms with Crippen LogP contribution in [0.25, 0.3) is 0 Å². The Labute approximate surface area is 156 Å². The Balaban J connectivity index is 2.66. The minimum absolute atomic E-state index is 0.279. The lowest BCUT2D eigenvalue weighted by molar-refractivity contribution is -0.540. The maximum atomic E-state index is 11.6. The van der Waals surface area contributed by atoms with E-state index in [1.165, 1.54) is 17.1 Å². The van der Waals surface area contributed by atoms with Crippen LogP contribution in [0.15, 0.2) is 12.2 Å². The van der Waals surface area contributed by atoms with Gasteiger partial charge in [0.05, 0.1) is 11.2 Å². The molecule has 0 aliphatic carbocycles. The van der Waals surface area contributed by atoms with Crippen LogP contribution in [0.1, 0.15) is 74.1 Å². The fraction of sp³-hybridized carbons (Fsp3) is 0.789. The normalized spacial score (nSPS) is 16.0. The molecule has 150 valence electrons. The molecule has 0 atom stereocenters. The fourth-order valence-corrected chi connectivity index (χ4v) is 1.83. The molecule has 1 heterocycles. The van der Waals surface area contributed by atoms with Gasteiger partial charge in [0, 0.05) is 25.1 Å². The third kappa shape index (κ3) is 7.15. The van der Waals surface area contributed by atoms with Crippen molar-refractivity contribution in [1.82, 2.24) is 4.90 Å². The van der Waals surface area contributed by atoms with Crippen molar-refractivity contribution >= 4 is 11.8 Å². The zero-order valence-electron chi connectivity index (χ0n) is 17.1. The SMILES string of the molecule is CCC(C)(C)OOC(C)(CCCN1C(=O)C=CC1=O)OOC(C)(C)CC. The molecule has 0 fully saturated rings. The molecule has 1 rings (SSSR count). The Morgan fingerprint density at radius 1 is 0.808 bits per heavy atom. The largest absolute Gasteiger partial charge is 0.275 e. The van der Waals surface area contributed by atoms with Crippen molar-refractivity contribution in [2.45, 2.75) is 91.1 Å². The van der Waals surface area contributed by atoms with E-state index in [0.717, 1.165) is 12.8 Å². The molecule has 0 bridgehead atoms. The average molecular weight is 371 g/mol. The monoisotopic (exact) mass is 371 g/mol. The summed E-state index contributed by atoms with van der Waals surface area (Å²) in [6.45, 7) is 13.6. The summed E-state index contributed by atoms with van der Waals surface area (Å²) in [6, 6.07) is 0. The summed E-state index contributed by atoms with van der Waals surface area (Å²) in [5, 5.41) is 0. The minimum Gasteiger partial charge on any atom is -0.275 e. The Kier molecular flexibility index (Phi) is 7.95. The molecule has 0 spiro atoms. The summed E-state index contributed by atoms with van der Waals surface area (Å²) in [5.41, 5.74) is -0.953. The summed E-state index contributed by atoms with van der Waals surface area (Å²) in [5.74, 6) is -1.77. The number of imide groups is 1. The highest BCUT2D eigenvalue weighted by atomic mass is 17.3. The van der Waals surface area contributed by atoms with Crippen molar-refractivity contribution in [2.75, 3.05) is 6.54 Å². The van der Waals surface area contributed by atoms with E-state index in [0.29, 0.717) is 12.8 Å². The van der Waals surface area contributed by atoms with Crippen LogP contribution in [0.5, 0.6) is 0 Å². The zero-order valence-corrected chi connectivity index (χ0v) is 17.1. The van der Waals surface area contributed by atoms with E-state index in [4.69, 9.17) is 19.6 Å². The second kappa shape index (κ2) is 9.08. The van der Waals surface area contributed by atoms with Crippen LogP contribution in [-0.2, 0) is 29.1 Å². The maximum Gasteiger partial charge on any atom is 0.253 e. The summed E-state index contributed by atoms with van der Waals surface area (Å²) in [4.78, 5) is 46.7. The van der Waals surface area contributed by atoms with Crippen LogP contribution in [0.2, 0.25) is 0 Å². The first-order valence-corrected chi connectivity index (χ1v) is 9.21. The lowest BCUT2D eigenvalue weighted by Gasteiger charge is -2.34. The van der Waals surface area contributed by atoms with Gasteiger partial charge in [-0.1, -0.05) is 13.8 Å². The van der Waals surface area contributed by atoms with Crippen molar-refractivity contribution in [3.05, 3.63) is 12.2 Å². The molecule has 0 aromatic carbocycles. The molecule has 0 aromatic rings. The van der Waals surface area contributed by atoms with Crippen LogP contribution in [0, 0.1) is 0 Å². The number of carbonyl (C=O) groups excluding carboxylic acids is 2. The molecular formula is C19H33NO6. The lowest BCUT2D eigenvalue weighted by Crippen LogP contribution is -2.40. The third-order valence-electron chi connectivity index (χ3n) is 4.50. The molecule has 0 saturated heterocycles. The van der Waals surface area contributed by atoms with Gasteiger partial charge in [-0.25, -0.2) is 9.78 Å². The van der Waals surface area contributed by atoms with Gasteiger partial charge in [0.1, 0.15) is 0 Å². The van der Waals surface area contributed by atoms with Gasteiger partial charge < -0.3 is 0 Å². The second-order valence-electron chi connectivity index (χ2n) is 7.96. The molecular weight excluding hydrogens is 338 g/mol. The Morgan fingerprint density at radius 2 is 1.23 bits per heavy atom. The molecule has 0 unspecified atom stereocenters. The predicted octanol–water partition coefficient (Wildman–Crippen LogP) is 3.68. The molecule has 0 N–H and O–H groups in total. The number of hydrogen-bond acceptors (Lipinski definition) is 6. The molecule has 1 aliphatic heterocycles. The fourth-order valence-electron chi connectivity index (χ4n) is 1.83. The third-order valence-corrected chi connectivity index (χ3v) is 4.50. The van der Waals surface area contributed by atoms with Gasteiger partial charge in [-0.2, -0.15) is 9.78 Å². The molecule has 7 nitrogen and oxygen atoms in total. The van der Waals surface area contributed by atoms with Gasteiger partial charge in [-0.3, -0.25) is 14.5 Å². The molecule has 0 aromatic heterocycles. The Hall–Kier alpha value is -1.28. The van der Waals surface area contributed by atoms with E-state index in [1.807, 2.05) is 41.5 Å². The number of rotatable bonds is 12. The highest BCUT2D eigenvalue weighted by Crippen LogP contribution is 2.28. The van der Waals surface area contributed by atoms with Gasteiger partial charge in [-0.15, -0.1) is 0 Å². The topological polar surface area (TPSA) is 74.3 Å². The van der Waals surface area contributed by atoms with Gasteiger partial charge in [0.25, 0.3) is 11.8 Å². The summed E-state index contributed by atoms with van der Waals surface area (Å²) in [7, 11) is 0. The van der Waals surface area contributed by atoms with E-state index < -0.39 is 17.0 Å². The summed E-state index contributed by atoms with van der Waals surface area (Å²) in [6.07, 6.45) is 4.92. The van der Waals surface area contributed by atoms with Gasteiger partial charge >= 0.3 is 0 Å². The summed E-state index contributed by atoms with van der Waals surface area (Å²) < 4.78 is 0. The zero-order chi connectivity index (χ0) is 20.0. The van der Waals surface area contributed by atoms with Crippen LogP contribution < -0.4 is 0 Å². The van der Waals surface area contributed by atoms with Crippen LogP contribution in [-0.4, -0.2) is 40.2 Å². The van der Waals surface area contributed by atoms with Gasteiger partial charge in [-0.05, 0) is 53.9 Å². The number of hydrogen-bond donors (Lipinski definition) is 0. The van der Waals surface area contributed by atoms with Crippen molar-refractivity contribution in [1.29, 1.82) is 0 Å². The molecule has 1 aliphatic rings. The first-order valence-electron chi connectivity index (χ1n) is 9.21. The lowest BCUT2D eigenvalue weighted by atomic mass is 10.1. The van der Waals surface area contributed by atoms with Crippen LogP contribution >= 0.6 is 0 Å². The van der Waals surface area contributed by atoms with Crippen LogP contribution in [0.4, 0.5) is 0 Å². The van der Waals surface area contributed by atoms with E-state index in [2.05, 4.69) is 0 Å². The highest BCUT2D eigenvalue weighted by molar-refractivity contribution is 6.12. The molecule has 0 saturated carbocycles. The second-order valence-corrected chi connectivity index (χ2v) is 7.96. The van der Waals surface area contributed by atoms with E-state index in [9.17, 15) is 9.59 Å². The molecule has 2 amide bonds. The van der Waals surface area contributed by atoms with Gasteiger partial charge in [0.2, 0.25) is 5.79 Å². The van der Waals surface area contributed by atoms with Crippen molar-refractivity contribution in [3.8, 4) is 0 Å². The molecule has 7 heteroatoms. The maximum absolute atomic E-state index is 11.6. The standard InChI is InChI=1S/C19H33NO6/c1-8-17(3,4)23-25-19(7,26-24-18(5,6)9-2)13-10-14-20-15(21)11-12-16(20)22/h11-12H,8-10,13-14H2,1-7H3. The average Bonchev–Trinajstić information content (AvgIpc) is 2.91. The predicted molar refractivity (Wildman–Crippen MR) is 96.6 cm³/mol. The highest BCUT2D eigenvalue weighted by Gasteiger charge is 2.35. The summed E-state index contributed by atoms with van der Waals surface area (Å²) >= 11 is 0. The molecule has 0 radical (unpaired) electrons. The van der Waals surface area contributed by atoms with Gasteiger partial charge in [0.15, 0.2) is 0 Å². The smallest absolute Gasteiger partial charge is 0.253 e. The Morgan fingerprint density at radius 3 is 1.62 bits per heavy atom. The number of amides is 2. The van der Waals surface area contributed by atoms with Crippen molar-refractivity contribution < 1.29 is 29.1 Å². The van der Waals surface area contributed by atoms with Crippen LogP contribution in [0.3, 0.4) is 0 Å². The molecule has 26 heavy (non-hydrogen) atoms.